The molecule has 20 heavy (non-hydrogen) atoms. The maximum Gasteiger partial charge on any atom is 0.138 e. The highest BCUT2D eigenvalue weighted by molar-refractivity contribution is 6.58. The van der Waals surface area contributed by atoms with Crippen LogP contribution in [0.3, 0.4) is 0 Å². The number of alkyl halides is 10. The predicted octanol–water partition coefficient (Wildman–Crippen LogP) is 6.79. The van der Waals surface area contributed by atoms with Gasteiger partial charge < -0.3 is 0 Å². The van der Waals surface area contributed by atoms with Crippen LogP contribution in [0.15, 0.2) is 0 Å². The first-order valence-electron chi connectivity index (χ1n) is 5.46. The summed E-state index contributed by atoms with van der Waals surface area (Å²) in [6, 6.07) is 0. The van der Waals surface area contributed by atoms with E-state index in [-0.39, 0.29) is 12.3 Å². The Morgan fingerprint density at radius 2 is 1.40 bits per heavy atom. The van der Waals surface area contributed by atoms with Gasteiger partial charge >= 0.3 is 0 Å². The van der Waals surface area contributed by atoms with Gasteiger partial charge in [-0.2, -0.15) is 0 Å². The molecule has 0 spiro atoms. The summed E-state index contributed by atoms with van der Waals surface area (Å²) >= 11 is 63.2. The second-order valence-electron chi connectivity index (χ2n) is 5.14. The molecule has 0 radical (unpaired) electrons. The molecule has 2 bridgehead atoms. The Morgan fingerprint density at radius 1 is 0.950 bits per heavy atom. The highest BCUT2D eigenvalue weighted by Gasteiger charge is 2.87. The van der Waals surface area contributed by atoms with Crippen molar-refractivity contribution in [2.75, 3.05) is 5.88 Å². The van der Waals surface area contributed by atoms with Crippen LogP contribution in [0.1, 0.15) is 6.42 Å². The van der Waals surface area contributed by atoms with Gasteiger partial charge in [-0.1, -0.05) is 23.2 Å². The molecule has 0 N–H and O–H groups in total. The number of rotatable bonds is 3. The van der Waals surface area contributed by atoms with E-state index in [4.69, 9.17) is 116 Å². The molecule has 2 aliphatic rings. The van der Waals surface area contributed by atoms with Crippen LogP contribution in [0.25, 0.3) is 0 Å². The highest BCUT2D eigenvalue weighted by atomic mass is 35.5. The van der Waals surface area contributed by atoms with Crippen LogP contribution in [-0.2, 0) is 0 Å². The molecule has 0 aliphatic heterocycles. The maximum absolute atomic E-state index is 6.46. The van der Waals surface area contributed by atoms with Gasteiger partial charge in [0.1, 0.15) is 18.3 Å². The summed E-state index contributed by atoms with van der Waals surface area (Å²) in [7, 11) is 0. The van der Waals surface area contributed by atoms with Crippen molar-refractivity contribution in [3.05, 3.63) is 0 Å². The van der Waals surface area contributed by atoms with Crippen molar-refractivity contribution in [3.8, 4) is 0 Å². The lowest BCUT2D eigenvalue weighted by Crippen LogP contribution is -2.57. The third kappa shape index (κ3) is 1.97. The third-order valence-electron chi connectivity index (χ3n) is 4.63. The van der Waals surface area contributed by atoms with E-state index in [0.29, 0.717) is 0 Å². The summed E-state index contributed by atoms with van der Waals surface area (Å²) in [5, 5.41) is -0.912. The molecule has 0 nitrogen and oxygen atoms in total. The average Bonchev–Trinajstić information content (AvgIpc) is 2.61. The standard InChI is InChI=1S/C10H8Cl10/c11-2-7-4(12)10(19,20)3(1-8(7,17)18)9(7,5(13)14)6(15)16/h3-6H,1-2H2/t3?,4-,7?/m1/s1. The molecule has 118 valence electrons. The second-order valence-corrected chi connectivity index (χ2v) is 11.0. The van der Waals surface area contributed by atoms with Crippen LogP contribution in [0, 0.1) is 16.7 Å². The fourth-order valence-electron chi connectivity index (χ4n) is 3.67. The van der Waals surface area contributed by atoms with Crippen molar-refractivity contribution >= 4 is 116 Å². The van der Waals surface area contributed by atoms with Gasteiger partial charge in [-0.25, -0.2) is 0 Å². The van der Waals surface area contributed by atoms with Crippen molar-refractivity contribution in [1.29, 1.82) is 0 Å². The number of hydrogen-bond acceptors (Lipinski definition) is 0. The van der Waals surface area contributed by atoms with E-state index in [9.17, 15) is 0 Å². The molecule has 0 aromatic carbocycles. The van der Waals surface area contributed by atoms with Crippen LogP contribution >= 0.6 is 116 Å². The van der Waals surface area contributed by atoms with Gasteiger partial charge in [-0.15, -0.1) is 92.8 Å². The van der Waals surface area contributed by atoms with E-state index in [0.717, 1.165) is 0 Å². The zero-order valence-electron chi connectivity index (χ0n) is 9.50. The molecule has 2 fully saturated rings. The van der Waals surface area contributed by atoms with Gasteiger partial charge in [0.05, 0.1) is 5.38 Å². The quantitative estimate of drug-likeness (QED) is 0.388. The summed E-state index contributed by atoms with van der Waals surface area (Å²) in [5.41, 5.74) is -2.46. The van der Waals surface area contributed by atoms with Crippen LogP contribution < -0.4 is 0 Å². The Kier molecular flexibility index (Phi) is 5.50. The Balaban J connectivity index is 2.81. The Labute approximate surface area is 167 Å². The van der Waals surface area contributed by atoms with E-state index >= 15 is 0 Å². The summed E-state index contributed by atoms with van der Waals surface area (Å²) in [6.07, 6.45) is 0.185. The number of halogens is 10. The zero-order valence-corrected chi connectivity index (χ0v) is 17.1. The first-order chi connectivity index (χ1) is 8.94. The van der Waals surface area contributed by atoms with Gasteiger partial charge in [-0.3, -0.25) is 0 Å². The van der Waals surface area contributed by atoms with Crippen molar-refractivity contribution in [2.24, 2.45) is 16.7 Å². The molecule has 0 aromatic heterocycles. The Hall–Kier alpha value is 2.90. The minimum Gasteiger partial charge on any atom is -0.126 e. The maximum atomic E-state index is 6.46. The van der Waals surface area contributed by atoms with E-state index in [1.165, 1.54) is 0 Å². The largest absolute Gasteiger partial charge is 0.138 e. The molecule has 2 saturated carbocycles. The summed E-state index contributed by atoms with van der Waals surface area (Å²) in [5.74, 6) is -0.688. The average molecular weight is 483 g/mol. The molecule has 0 amide bonds. The van der Waals surface area contributed by atoms with E-state index < -0.39 is 40.5 Å². The van der Waals surface area contributed by atoms with Gasteiger partial charge in [0.2, 0.25) is 0 Å². The van der Waals surface area contributed by atoms with E-state index in [1.54, 1.807) is 0 Å². The zero-order chi connectivity index (χ0) is 15.7. The fraction of sp³-hybridized carbons (Fsp3) is 1.00. The Morgan fingerprint density at radius 3 is 1.70 bits per heavy atom. The molecule has 0 heterocycles. The van der Waals surface area contributed by atoms with Gasteiger partial charge in [0.15, 0.2) is 0 Å². The number of fused-ring (bicyclic) bond motifs is 2. The Bertz CT molecular complexity index is 397. The third-order valence-corrected chi connectivity index (χ3v) is 9.38. The van der Waals surface area contributed by atoms with Gasteiger partial charge in [-0.05, 0) is 6.42 Å². The van der Waals surface area contributed by atoms with Crippen molar-refractivity contribution < 1.29 is 0 Å². The molecule has 0 saturated heterocycles. The molecule has 10 heteroatoms. The second kappa shape index (κ2) is 5.72. The fourth-order valence-corrected chi connectivity index (χ4v) is 9.24. The smallest absolute Gasteiger partial charge is 0.126 e. The lowest BCUT2D eigenvalue weighted by atomic mass is 9.69. The van der Waals surface area contributed by atoms with E-state index in [1.807, 2.05) is 0 Å². The monoisotopic (exact) mass is 478 g/mol. The normalized spacial score (nSPS) is 40.8. The molecule has 0 aromatic rings. The summed E-state index contributed by atoms with van der Waals surface area (Å²) in [4.78, 5) is -2.10. The summed E-state index contributed by atoms with van der Waals surface area (Å²) in [6.45, 7) is 0. The molecule has 2 rings (SSSR count). The lowest BCUT2D eigenvalue weighted by molar-refractivity contribution is 0.137. The molecular formula is C10H8Cl10. The van der Waals surface area contributed by atoms with Crippen LogP contribution in [0.5, 0.6) is 0 Å². The van der Waals surface area contributed by atoms with Crippen LogP contribution in [0.4, 0.5) is 0 Å². The van der Waals surface area contributed by atoms with Crippen LogP contribution in [0.2, 0.25) is 0 Å². The minimum atomic E-state index is -1.40. The van der Waals surface area contributed by atoms with Crippen molar-refractivity contribution in [3.63, 3.8) is 0 Å². The topological polar surface area (TPSA) is 0 Å². The molecule has 2 aliphatic carbocycles. The molecule has 2 unspecified atom stereocenters. The van der Waals surface area contributed by atoms with E-state index in [2.05, 4.69) is 0 Å². The first kappa shape index (κ1) is 19.2. The predicted molar refractivity (Wildman–Crippen MR) is 93.2 cm³/mol. The first-order valence-corrected chi connectivity index (χ1v) is 9.69. The SMILES string of the molecule is ClCC12[C@@H](Cl)C(Cl)(Cl)C(CC1(Cl)Cl)C2(C(Cl)Cl)C(Cl)Cl. The highest BCUT2D eigenvalue weighted by Crippen LogP contribution is 2.83. The van der Waals surface area contributed by atoms with Gasteiger partial charge in [0, 0.05) is 22.6 Å². The van der Waals surface area contributed by atoms with Gasteiger partial charge in [0.25, 0.3) is 0 Å². The molecule has 3 atom stereocenters. The van der Waals surface area contributed by atoms with Crippen molar-refractivity contribution in [1.82, 2.24) is 0 Å². The van der Waals surface area contributed by atoms with Crippen molar-refractivity contribution in [2.45, 2.75) is 30.1 Å². The summed E-state index contributed by atoms with van der Waals surface area (Å²) < 4.78 is -2.74. The lowest BCUT2D eigenvalue weighted by Gasteiger charge is -2.49. The van der Waals surface area contributed by atoms with Crippen LogP contribution in [-0.4, -0.2) is 29.6 Å². The number of hydrogen-bond donors (Lipinski definition) is 0. The minimum absolute atomic E-state index is 0.0856. The molecular weight excluding hydrogens is 475 g/mol.